The first-order valence-corrected chi connectivity index (χ1v) is 7.46. The number of hydrogen-bond donors (Lipinski definition) is 2. The number of aliphatic hydroxyl groups is 1. The molecule has 0 bridgehead atoms. The standard InChI is InChI=1S/C11H11ClFNO5S/c12-10-8(11(16)17)3-7(4-9(10)13)20(18,19)14-2-1-6(15)5-14/h3-4,6,15H,1-2,5H2,(H,16,17)/t6-/m1/s1. The summed E-state index contributed by atoms with van der Waals surface area (Å²) >= 11 is 5.49. The second-order valence-corrected chi connectivity index (χ2v) is 6.69. The fourth-order valence-electron chi connectivity index (χ4n) is 1.95. The highest BCUT2D eigenvalue weighted by Crippen LogP contribution is 2.27. The van der Waals surface area contributed by atoms with Crippen LogP contribution in [0.2, 0.25) is 5.02 Å². The number of benzene rings is 1. The molecule has 0 saturated carbocycles. The summed E-state index contributed by atoms with van der Waals surface area (Å²) in [5.74, 6) is -2.64. The topological polar surface area (TPSA) is 94.9 Å². The van der Waals surface area contributed by atoms with E-state index in [0.29, 0.717) is 6.07 Å². The van der Waals surface area contributed by atoms with E-state index in [0.717, 1.165) is 10.4 Å². The van der Waals surface area contributed by atoms with E-state index < -0.39 is 43.4 Å². The first-order valence-electron chi connectivity index (χ1n) is 5.64. The molecule has 20 heavy (non-hydrogen) atoms. The summed E-state index contributed by atoms with van der Waals surface area (Å²) in [7, 11) is -4.06. The summed E-state index contributed by atoms with van der Waals surface area (Å²) < 4.78 is 39.0. The van der Waals surface area contributed by atoms with Crippen LogP contribution in [-0.2, 0) is 10.0 Å². The fraction of sp³-hybridized carbons (Fsp3) is 0.364. The van der Waals surface area contributed by atoms with Gasteiger partial charge in [0.1, 0.15) is 5.82 Å². The van der Waals surface area contributed by atoms with Crippen molar-refractivity contribution < 1.29 is 27.8 Å². The average molecular weight is 324 g/mol. The van der Waals surface area contributed by atoms with Gasteiger partial charge in [-0.1, -0.05) is 11.6 Å². The predicted octanol–water partition coefficient (Wildman–Crippen LogP) is 0.933. The molecule has 0 aromatic heterocycles. The highest BCUT2D eigenvalue weighted by Gasteiger charge is 2.33. The lowest BCUT2D eigenvalue weighted by Crippen LogP contribution is -2.30. The monoisotopic (exact) mass is 323 g/mol. The zero-order valence-electron chi connectivity index (χ0n) is 10.1. The van der Waals surface area contributed by atoms with Crippen LogP contribution < -0.4 is 0 Å². The number of nitrogens with zero attached hydrogens (tertiary/aromatic N) is 1. The molecule has 0 radical (unpaired) electrons. The number of sulfonamides is 1. The number of halogens is 2. The molecule has 1 aliphatic rings. The van der Waals surface area contributed by atoms with Crippen molar-refractivity contribution in [2.45, 2.75) is 17.4 Å². The fourth-order valence-corrected chi connectivity index (χ4v) is 3.67. The van der Waals surface area contributed by atoms with Crippen molar-refractivity contribution in [1.29, 1.82) is 0 Å². The molecular formula is C11H11ClFNO5S. The molecule has 2 N–H and O–H groups in total. The highest BCUT2D eigenvalue weighted by atomic mass is 35.5. The van der Waals surface area contributed by atoms with Crippen LogP contribution in [0.5, 0.6) is 0 Å². The normalized spacial score (nSPS) is 20.2. The first-order chi connectivity index (χ1) is 9.23. The van der Waals surface area contributed by atoms with E-state index in [2.05, 4.69) is 0 Å². The van der Waals surface area contributed by atoms with Crippen molar-refractivity contribution in [2.75, 3.05) is 13.1 Å². The van der Waals surface area contributed by atoms with Crippen LogP contribution in [0.1, 0.15) is 16.8 Å². The molecule has 0 aliphatic carbocycles. The average Bonchev–Trinajstić information content (AvgIpc) is 2.79. The Hall–Kier alpha value is -1.22. The Morgan fingerprint density at radius 1 is 1.45 bits per heavy atom. The molecule has 1 atom stereocenters. The third kappa shape index (κ3) is 2.64. The van der Waals surface area contributed by atoms with Gasteiger partial charge in [0.25, 0.3) is 0 Å². The number of carbonyl (C=O) groups is 1. The lowest BCUT2D eigenvalue weighted by molar-refractivity contribution is 0.0696. The number of β-amino-alcohol motifs (C(OH)–C–C–N with tert-alkyl or cyclic N) is 1. The SMILES string of the molecule is O=C(O)c1cc(S(=O)(=O)N2CC[C@@H](O)C2)cc(F)c1Cl. The van der Waals surface area contributed by atoms with Crippen LogP contribution in [0.3, 0.4) is 0 Å². The summed E-state index contributed by atoms with van der Waals surface area (Å²) in [6.45, 7) is -0.00880. The molecule has 0 amide bonds. The summed E-state index contributed by atoms with van der Waals surface area (Å²) in [5.41, 5.74) is -0.620. The van der Waals surface area contributed by atoms with Gasteiger partial charge >= 0.3 is 5.97 Å². The first kappa shape index (κ1) is 15.2. The van der Waals surface area contributed by atoms with Crippen LogP contribution in [0, 0.1) is 5.82 Å². The predicted molar refractivity (Wildman–Crippen MR) is 67.8 cm³/mol. The van der Waals surface area contributed by atoms with Crippen LogP contribution in [-0.4, -0.2) is 48.1 Å². The lowest BCUT2D eigenvalue weighted by Gasteiger charge is -2.16. The van der Waals surface area contributed by atoms with Gasteiger partial charge in [-0.3, -0.25) is 0 Å². The minimum Gasteiger partial charge on any atom is -0.478 e. The maximum Gasteiger partial charge on any atom is 0.337 e. The number of aromatic carboxylic acids is 1. The Balaban J connectivity index is 2.50. The zero-order chi connectivity index (χ0) is 15.1. The molecule has 9 heteroatoms. The largest absolute Gasteiger partial charge is 0.478 e. The zero-order valence-corrected chi connectivity index (χ0v) is 11.7. The maximum atomic E-state index is 13.6. The maximum absolute atomic E-state index is 13.6. The Labute approximate surface area is 119 Å². The van der Waals surface area contributed by atoms with Gasteiger partial charge in [0, 0.05) is 13.1 Å². The van der Waals surface area contributed by atoms with Gasteiger partial charge in [-0.15, -0.1) is 0 Å². The van der Waals surface area contributed by atoms with Crippen molar-refractivity contribution in [2.24, 2.45) is 0 Å². The molecule has 1 fully saturated rings. The smallest absolute Gasteiger partial charge is 0.337 e. The van der Waals surface area contributed by atoms with Crippen molar-refractivity contribution >= 4 is 27.6 Å². The number of carboxylic acids is 1. The van der Waals surface area contributed by atoms with Crippen molar-refractivity contribution in [1.82, 2.24) is 4.31 Å². The van der Waals surface area contributed by atoms with E-state index in [1.807, 2.05) is 0 Å². The molecular weight excluding hydrogens is 313 g/mol. The van der Waals surface area contributed by atoms with Gasteiger partial charge in [0.15, 0.2) is 0 Å². The molecule has 2 rings (SSSR count). The molecule has 1 saturated heterocycles. The van der Waals surface area contributed by atoms with Crippen molar-refractivity contribution in [3.8, 4) is 0 Å². The summed E-state index contributed by atoms with van der Waals surface area (Å²) in [4.78, 5) is 10.4. The molecule has 1 aliphatic heterocycles. The Bertz CT molecular complexity index is 663. The van der Waals surface area contributed by atoms with Crippen molar-refractivity contribution in [3.63, 3.8) is 0 Å². The molecule has 0 spiro atoms. The van der Waals surface area contributed by atoms with Crippen LogP contribution in [0.25, 0.3) is 0 Å². The van der Waals surface area contributed by atoms with E-state index >= 15 is 0 Å². The van der Waals surface area contributed by atoms with Gasteiger partial charge in [-0.25, -0.2) is 17.6 Å². The molecule has 0 unspecified atom stereocenters. The van der Waals surface area contributed by atoms with E-state index in [1.54, 1.807) is 0 Å². The lowest BCUT2D eigenvalue weighted by atomic mass is 10.2. The summed E-state index contributed by atoms with van der Waals surface area (Å²) in [6, 6.07) is 1.49. The minimum absolute atomic E-state index is 0.0934. The van der Waals surface area contributed by atoms with Gasteiger partial charge in [-0.05, 0) is 18.6 Å². The number of hydrogen-bond acceptors (Lipinski definition) is 4. The third-order valence-electron chi connectivity index (χ3n) is 3.00. The van der Waals surface area contributed by atoms with Gasteiger partial charge in [0.05, 0.1) is 21.6 Å². The Morgan fingerprint density at radius 2 is 2.10 bits per heavy atom. The summed E-state index contributed by atoms with van der Waals surface area (Å²) in [6.07, 6.45) is -0.498. The molecule has 1 aromatic carbocycles. The van der Waals surface area contributed by atoms with Crippen molar-refractivity contribution in [3.05, 3.63) is 28.5 Å². The van der Waals surface area contributed by atoms with Gasteiger partial charge in [-0.2, -0.15) is 4.31 Å². The Kier molecular flexibility index (Phi) is 4.01. The highest BCUT2D eigenvalue weighted by molar-refractivity contribution is 7.89. The molecule has 110 valence electrons. The molecule has 6 nitrogen and oxygen atoms in total. The van der Waals surface area contributed by atoms with Crippen LogP contribution in [0.4, 0.5) is 4.39 Å². The number of rotatable bonds is 3. The quantitative estimate of drug-likeness (QED) is 0.863. The minimum atomic E-state index is -4.06. The molecule has 1 heterocycles. The number of aliphatic hydroxyl groups excluding tert-OH is 1. The second-order valence-electron chi connectivity index (χ2n) is 4.38. The summed E-state index contributed by atoms with van der Waals surface area (Å²) in [5, 5.41) is 17.6. The van der Waals surface area contributed by atoms with E-state index in [9.17, 15) is 22.7 Å². The van der Waals surface area contributed by atoms with Gasteiger partial charge < -0.3 is 10.2 Å². The second kappa shape index (κ2) is 5.28. The van der Waals surface area contributed by atoms with Crippen LogP contribution in [0.15, 0.2) is 17.0 Å². The van der Waals surface area contributed by atoms with Gasteiger partial charge in [0.2, 0.25) is 10.0 Å². The Morgan fingerprint density at radius 3 is 2.60 bits per heavy atom. The van der Waals surface area contributed by atoms with Crippen LogP contribution >= 0.6 is 11.6 Å². The van der Waals surface area contributed by atoms with E-state index in [-0.39, 0.29) is 19.5 Å². The third-order valence-corrected chi connectivity index (χ3v) is 5.22. The molecule has 1 aromatic rings. The van der Waals surface area contributed by atoms with E-state index in [4.69, 9.17) is 16.7 Å². The number of carboxylic acid groups (broad SMARTS) is 1. The van der Waals surface area contributed by atoms with E-state index in [1.165, 1.54) is 0 Å².